The Kier molecular flexibility index (Phi) is 13.3. The van der Waals surface area contributed by atoms with Gasteiger partial charge in [0.05, 0.1) is 17.0 Å². The molecule has 2 aliphatic rings. The number of pyridine rings is 1. The Bertz CT molecular complexity index is 1840. The zero-order valence-electron chi connectivity index (χ0n) is 32.6. The number of carbonyl (C=O) groups is 6. The first-order valence-electron chi connectivity index (χ1n) is 18.0. The molecule has 302 valence electrons. The summed E-state index contributed by atoms with van der Waals surface area (Å²) in [6.07, 6.45) is -5.06. The Morgan fingerprint density at radius 2 is 1.29 bits per heavy atom. The SMILES string of the molecule is C=C1C(OC(C)=O)C(O)C(OC(=O)c2cccnc2)C(C)(C)C=CC(C)C(OC(C)=O)C2(O)CC(C)(OC(C)=O)C(OC(=O)c3ccccc3)C2C1OC(C)=O. The lowest BCUT2D eigenvalue weighted by atomic mass is 9.71. The molecule has 15 heteroatoms. The Morgan fingerprint density at radius 3 is 1.84 bits per heavy atom. The quantitative estimate of drug-likeness (QED) is 0.221. The first kappa shape index (κ1) is 43.3. The standard InChI is InChI=1S/C41H49NO14/c1-22-17-18-39(7,8)36(55-38(49)29-16-13-19-42-20-29)31(47)33(52-25(4)44)23(2)32(51-24(3)43)30-35(54-37(48)28-14-11-10-12-15-28)40(9,56-27(6)46)21-41(30,50)34(22)53-26(5)45/h10-20,22,30-36,47,50H,2,21H2,1,3-9H3. The molecule has 0 amide bonds. The van der Waals surface area contributed by atoms with Gasteiger partial charge in [-0.3, -0.25) is 24.2 Å². The van der Waals surface area contributed by atoms with Crippen LogP contribution in [0.4, 0.5) is 0 Å². The van der Waals surface area contributed by atoms with Crippen molar-refractivity contribution in [2.75, 3.05) is 0 Å². The maximum Gasteiger partial charge on any atom is 0.340 e. The number of fused-ring (bicyclic) bond motifs is 1. The highest BCUT2D eigenvalue weighted by Gasteiger charge is 2.70. The molecule has 1 aromatic heterocycles. The van der Waals surface area contributed by atoms with Crippen LogP contribution in [0.3, 0.4) is 0 Å². The van der Waals surface area contributed by atoms with E-state index in [4.69, 9.17) is 28.4 Å². The highest BCUT2D eigenvalue weighted by Crippen LogP contribution is 2.54. The lowest BCUT2D eigenvalue weighted by Crippen LogP contribution is -2.59. The van der Waals surface area contributed by atoms with Crippen LogP contribution in [0.1, 0.15) is 82.5 Å². The van der Waals surface area contributed by atoms with Crippen LogP contribution in [0, 0.1) is 17.3 Å². The second-order valence-corrected chi connectivity index (χ2v) is 15.1. The molecule has 2 aliphatic carbocycles. The monoisotopic (exact) mass is 779 g/mol. The smallest absolute Gasteiger partial charge is 0.340 e. The van der Waals surface area contributed by atoms with E-state index >= 15 is 0 Å². The van der Waals surface area contributed by atoms with Gasteiger partial charge in [-0.1, -0.05) is 57.7 Å². The number of hydrogen-bond donors (Lipinski definition) is 2. The van der Waals surface area contributed by atoms with E-state index in [9.17, 15) is 39.0 Å². The minimum atomic E-state index is -2.38. The number of rotatable bonds is 8. The average Bonchev–Trinajstić information content (AvgIpc) is 3.33. The zero-order valence-corrected chi connectivity index (χ0v) is 32.6. The van der Waals surface area contributed by atoms with Crippen molar-refractivity contribution in [2.24, 2.45) is 17.3 Å². The van der Waals surface area contributed by atoms with Crippen LogP contribution in [0.5, 0.6) is 0 Å². The molecule has 2 N–H and O–H groups in total. The summed E-state index contributed by atoms with van der Waals surface area (Å²) < 4.78 is 35.3. The normalized spacial score (nSPS) is 31.3. The van der Waals surface area contributed by atoms with Crippen molar-refractivity contribution in [3.05, 3.63) is 90.3 Å². The summed E-state index contributed by atoms with van der Waals surface area (Å²) in [4.78, 5) is 82.7. The van der Waals surface area contributed by atoms with Crippen LogP contribution in [-0.2, 0) is 47.6 Å². The van der Waals surface area contributed by atoms with Crippen LogP contribution in [0.25, 0.3) is 0 Å². The molecule has 1 heterocycles. The summed E-state index contributed by atoms with van der Waals surface area (Å²) in [5, 5.41) is 25.4. The number of carbonyl (C=O) groups excluding carboxylic acids is 6. The third-order valence-corrected chi connectivity index (χ3v) is 9.98. The summed E-state index contributed by atoms with van der Waals surface area (Å²) in [5.41, 5.74) is -5.82. The first-order valence-corrected chi connectivity index (χ1v) is 18.0. The first-order chi connectivity index (χ1) is 26.1. The van der Waals surface area contributed by atoms with Crippen molar-refractivity contribution in [2.45, 2.75) is 110 Å². The largest absolute Gasteiger partial charge is 0.459 e. The van der Waals surface area contributed by atoms with Gasteiger partial charge in [-0.05, 0) is 31.2 Å². The Hall–Kier alpha value is -5.41. The van der Waals surface area contributed by atoms with E-state index in [1.54, 1.807) is 51.1 Å². The summed E-state index contributed by atoms with van der Waals surface area (Å²) in [7, 11) is 0. The maximum atomic E-state index is 13.8. The molecular formula is C41H49NO14. The molecule has 10 atom stereocenters. The lowest BCUT2D eigenvalue weighted by Gasteiger charge is -2.45. The topological polar surface area (TPSA) is 211 Å². The van der Waals surface area contributed by atoms with E-state index in [2.05, 4.69) is 11.6 Å². The average molecular weight is 780 g/mol. The minimum Gasteiger partial charge on any atom is -0.459 e. The lowest BCUT2D eigenvalue weighted by molar-refractivity contribution is -0.193. The van der Waals surface area contributed by atoms with Crippen LogP contribution in [0.15, 0.2) is 79.2 Å². The molecule has 2 aromatic rings. The number of ether oxygens (including phenoxy) is 6. The van der Waals surface area contributed by atoms with Crippen molar-refractivity contribution >= 4 is 35.8 Å². The van der Waals surface area contributed by atoms with Gasteiger partial charge in [0.2, 0.25) is 0 Å². The second-order valence-electron chi connectivity index (χ2n) is 15.1. The highest BCUT2D eigenvalue weighted by molar-refractivity contribution is 5.90. The second kappa shape index (κ2) is 17.2. The summed E-state index contributed by atoms with van der Waals surface area (Å²) in [6, 6.07) is 10.7. The third kappa shape index (κ3) is 9.51. The number of aliphatic hydroxyl groups is 2. The van der Waals surface area contributed by atoms with E-state index in [0.717, 1.165) is 27.7 Å². The van der Waals surface area contributed by atoms with Gasteiger partial charge in [0.1, 0.15) is 35.6 Å². The molecule has 0 aliphatic heterocycles. The van der Waals surface area contributed by atoms with E-state index in [0.29, 0.717) is 0 Å². The fourth-order valence-electron chi connectivity index (χ4n) is 7.70. The predicted molar refractivity (Wildman–Crippen MR) is 196 cm³/mol. The molecule has 15 nitrogen and oxygen atoms in total. The van der Waals surface area contributed by atoms with Crippen LogP contribution in [-0.4, -0.2) is 98.8 Å². The fourth-order valence-corrected chi connectivity index (χ4v) is 7.70. The van der Waals surface area contributed by atoms with Gasteiger partial charge in [0, 0.05) is 63.4 Å². The highest BCUT2D eigenvalue weighted by atomic mass is 16.6. The molecule has 0 bridgehead atoms. The molecule has 0 spiro atoms. The number of esters is 6. The van der Waals surface area contributed by atoms with Gasteiger partial charge in [-0.25, -0.2) is 9.59 Å². The molecule has 1 saturated carbocycles. The molecule has 0 radical (unpaired) electrons. The molecule has 0 saturated heterocycles. The Labute approximate surface area is 325 Å². The van der Waals surface area contributed by atoms with Crippen molar-refractivity contribution in [3.8, 4) is 0 Å². The third-order valence-electron chi connectivity index (χ3n) is 9.98. The van der Waals surface area contributed by atoms with Gasteiger partial charge < -0.3 is 38.6 Å². The van der Waals surface area contributed by atoms with Crippen molar-refractivity contribution < 1.29 is 67.4 Å². The van der Waals surface area contributed by atoms with Gasteiger partial charge in [-0.2, -0.15) is 0 Å². The van der Waals surface area contributed by atoms with Crippen molar-refractivity contribution in [1.82, 2.24) is 4.98 Å². The molecule has 10 unspecified atom stereocenters. The number of aromatic nitrogens is 1. The van der Waals surface area contributed by atoms with E-state index in [-0.39, 0.29) is 16.7 Å². The van der Waals surface area contributed by atoms with E-state index in [1.165, 1.54) is 43.6 Å². The zero-order chi connectivity index (χ0) is 41.7. The Balaban J connectivity index is 2.06. The van der Waals surface area contributed by atoms with E-state index in [1.807, 2.05) is 0 Å². The number of hydrogen-bond acceptors (Lipinski definition) is 15. The van der Waals surface area contributed by atoms with Gasteiger partial charge in [0.15, 0.2) is 12.2 Å². The maximum absolute atomic E-state index is 13.8. The molecule has 4 rings (SSSR count). The summed E-state index contributed by atoms with van der Waals surface area (Å²) >= 11 is 0. The molecule has 1 aromatic carbocycles. The van der Waals surface area contributed by atoms with Crippen molar-refractivity contribution in [3.63, 3.8) is 0 Å². The van der Waals surface area contributed by atoms with E-state index < -0.39 is 107 Å². The fraction of sp³-hybridized carbons (Fsp3) is 0.488. The molecule has 56 heavy (non-hydrogen) atoms. The van der Waals surface area contributed by atoms with Crippen molar-refractivity contribution in [1.29, 1.82) is 0 Å². The van der Waals surface area contributed by atoms with Gasteiger partial charge in [0.25, 0.3) is 0 Å². The van der Waals surface area contributed by atoms with Gasteiger partial charge >= 0.3 is 35.8 Å². The van der Waals surface area contributed by atoms with Crippen LogP contribution in [0.2, 0.25) is 0 Å². The summed E-state index contributed by atoms with van der Waals surface area (Å²) in [5.74, 6) is -7.97. The minimum absolute atomic E-state index is 0.0402. The van der Waals surface area contributed by atoms with Gasteiger partial charge in [-0.15, -0.1) is 0 Å². The van der Waals surface area contributed by atoms with Crippen LogP contribution >= 0.6 is 0 Å². The molecular weight excluding hydrogens is 730 g/mol. The molecule has 1 fully saturated rings. The number of aliphatic hydroxyl groups excluding tert-OH is 1. The summed E-state index contributed by atoms with van der Waals surface area (Å²) in [6.45, 7) is 14.7. The number of nitrogens with zero attached hydrogens (tertiary/aromatic N) is 1. The van der Waals surface area contributed by atoms with Crippen LogP contribution < -0.4 is 0 Å². The Morgan fingerprint density at radius 1 is 0.732 bits per heavy atom. The predicted octanol–water partition coefficient (Wildman–Crippen LogP) is 3.85. The number of benzene rings is 1.